The molecular weight excluding hydrogens is 588 g/mol. The van der Waals surface area contributed by atoms with Crippen LogP contribution in [0.2, 0.25) is 0 Å². The molecule has 46 heavy (non-hydrogen) atoms. The molecule has 0 aliphatic heterocycles. The monoisotopic (exact) mass is 615 g/mol. The van der Waals surface area contributed by atoms with Gasteiger partial charge >= 0.3 is 5.97 Å². The predicted octanol–water partition coefficient (Wildman–Crippen LogP) is 7.12. The van der Waals surface area contributed by atoms with Crippen LogP contribution in [0.1, 0.15) is 50.9 Å². The number of aromatic carboxylic acids is 1. The van der Waals surface area contributed by atoms with E-state index in [2.05, 4.69) is 9.97 Å². The normalized spacial score (nSPS) is 11.0. The summed E-state index contributed by atoms with van der Waals surface area (Å²) < 4.78 is 37.5. The minimum atomic E-state index is -1.03. The third-order valence-corrected chi connectivity index (χ3v) is 7.74. The Kier molecular flexibility index (Phi) is 8.48. The second-order valence-electron chi connectivity index (χ2n) is 10.7. The number of ether oxygens (including phenoxy) is 1. The van der Waals surface area contributed by atoms with Crippen molar-refractivity contribution in [1.29, 1.82) is 5.26 Å². The number of carbonyl (C=O) groups is 1. The molecule has 0 aliphatic rings. The van der Waals surface area contributed by atoms with E-state index in [9.17, 15) is 14.3 Å². The first-order chi connectivity index (χ1) is 22.3. The van der Waals surface area contributed by atoms with Crippen LogP contribution in [0.4, 0.5) is 8.78 Å². The van der Waals surface area contributed by atoms with Gasteiger partial charge in [-0.1, -0.05) is 25.1 Å². The number of hydrogen-bond acceptors (Lipinski definition) is 6. The summed E-state index contributed by atoms with van der Waals surface area (Å²) in [6.45, 7) is 2.39. The van der Waals surface area contributed by atoms with Crippen molar-refractivity contribution in [3.05, 3.63) is 142 Å². The molecule has 6 rings (SSSR count). The minimum Gasteiger partial charge on any atom is -0.478 e. The average molecular weight is 616 g/mol. The average Bonchev–Trinajstić information content (AvgIpc) is 3.40. The van der Waals surface area contributed by atoms with Crippen LogP contribution in [0.3, 0.4) is 0 Å². The SMILES string of the molecule is CCc1cnccc1Cn1c(Cc2ccc(-c3cccc(OCc4ccc(C#N)cc4F)n3)c(F)c2)nc2ccc(C(=O)O)cc21. The van der Waals surface area contributed by atoms with Crippen molar-refractivity contribution in [1.82, 2.24) is 19.5 Å². The lowest BCUT2D eigenvalue weighted by Crippen LogP contribution is -2.09. The highest BCUT2D eigenvalue weighted by molar-refractivity contribution is 5.92. The lowest BCUT2D eigenvalue weighted by atomic mass is 10.0. The van der Waals surface area contributed by atoms with Gasteiger partial charge in [-0.2, -0.15) is 5.26 Å². The molecule has 6 aromatic rings. The molecule has 0 spiro atoms. The number of halogens is 2. The molecule has 8 nitrogen and oxygen atoms in total. The summed E-state index contributed by atoms with van der Waals surface area (Å²) in [6.07, 6.45) is 4.63. The number of pyridine rings is 2. The number of aromatic nitrogens is 4. The molecule has 1 N–H and O–H groups in total. The number of nitrogens with zero attached hydrogens (tertiary/aromatic N) is 5. The van der Waals surface area contributed by atoms with Crippen LogP contribution in [0.15, 0.2) is 91.3 Å². The van der Waals surface area contributed by atoms with Crippen LogP contribution in [-0.4, -0.2) is 30.6 Å². The first-order valence-electron chi connectivity index (χ1n) is 14.5. The van der Waals surface area contributed by atoms with Crippen molar-refractivity contribution in [2.24, 2.45) is 0 Å². The standard InChI is InChI=1S/C36H27F2N5O3/c1-2-24-19-40-13-12-26(24)20-43-33-17-25(36(44)45)9-11-32(33)41-34(43)16-22-7-10-28(30(38)14-22)31-4-3-5-35(42-31)46-21-27-8-6-23(18-39)15-29(27)37/h3-15,17,19H,2,16,20-21H2,1H3,(H,44,45). The minimum absolute atomic E-state index is 0.108. The fourth-order valence-corrected chi connectivity index (χ4v) is 5.31. The Morgan fingerprint density at radius 3 is 2.59 bits per heavy atom. The van der Waals surface area contributed by atoms with Gasteiger partial charge in [-0.15, -0.1) is 0 Å². The van der Waals surface area contributed by atoms with Gasteiger partial charge < -0.3 is 14.4 Å². The fraction of sp³-hybridized carbons (Fsp3) is 0.139. The number of carboxylic acids is 1. The maximum Gasteiger partial charge on any atom is 0.335 e. The van der Waals surface area contributed by atoms with Crippen LogP contribution in [0.5, 0.6) is 5.88 Å². The zero-order valence-corrected chi connectivity index (χ0v) is 24.7. The second-order valence-corrected chi connectivity index (χ2v) is 10.7. The lowest BCUT2D eigenvalue weighted by molar-refractivity contribution is 0.0697. The summed E-state index contributed by atoms with van der Waals surface area (Å²) in [5.74, 6) is -1.22. The number of carboxylic acid groups (broad SMARTS) is 1. The first-order valence-corrected chi connectivity index (χ1v) is 14.5. The molecule has 3 aromatic heterocycles. The summed E-state index contributed by atoms with van der Waals surface area (Å²) in [6, 6.07) is 22.6. The molecule has 0 atom stereocenters. The summed E-state index contributed by atoms with van der Waals surface area (Å²) >= 11 is 0. The van der Waals surface area contributed by atoms with E-state index in [1.54, 1.807) is 48.7 Å². The van der Waals surface area contributed by atoms with E-state index in [4.69, 9.17) is 15.0 Å². The predicted molar refractivity (Wildman–Crippen MR) is 167 cm³/mol. The molecule has 0 fully saturated rings. The van der Waals surface area contributed by atoms with E-state index in [1.807, 2.05) is 29.8 Å². The number of rotatable bonds is 10. The zero-order valence-electron chi connectivity index (χ0n) is 24.7. The molecule has 0 saturated carbocycles. The number of benzene rings is 3. The van der Waals surface area contributed by atoms with Crippen molar-refractivity contribution in [2.75, 3.05) is 0 Å². The summed E-state index contributed by atoms with van der Waals surface area (Å²) in [7, 11) is 0. The van der Waals surface area contributed by atoms with Crippen LogP contribution >= 0.6 is 0 Å². The molecule has 228 valence electrons. The lowest BCUT2D eigenvalue weighted by Gasteiger charge is -2.13. The van der Waals surface area contributed by atoms with E-state index in [-0.39, 0.29) is 34.7 Å². The maximum absolute atomic E-state index is 15.6. The van der Waals surface area contributed by atoms with Gasteiger partial charge in [0.1, 0.15) is 24.1 Å². The Morgan fingerprint density at radius 2 is 1.83 bits per heavy atom. The van der Waals surface area contributed by atoms with E-state index in [1.165, 1.54) is 24.3 Å². The maximum atomic E-state index is 15.6. The van der Waals surface area contributed by atoms with Crippen molar-refractivity contribution < 1.29 is 23.4 Å². The molecular formula is C36H27F2N5O3. The van der Waals surface area contributed by atoms with E-state index in [0.29, 0.717) is 41.1 Å². The molecule has 0 unspecified atom stereocenters. The Labute approximate surface area is 263 Å². The molecule has 3 aromatic carbocycles. The number of imidazole rings is 1. The van der Waals surface area contributed by atoms with E-state index in [0.717, 1.165) is 23.6 Å². The van der Waals surface area contributed by atoms with E-state index >= 15 is 4.39 Å². The Bertz CT molecular complexity index is 2140. The molecule has 0 radical (unpaired) electrons. The molecule has 10 heteroatoms. The Balaban J connectivity index is 1.27. The molecule has 0 amide bonds. The summed E-state index contributed by atoms with van der Waals surface area (Å²) in [4.78, 5) is 25.2. The van der Waals surface area contributed by atoms with Gasteiger partial charge in [0.2, 0.25) is 5.88 Å². The molecule has 0 bridgehead atoms. The van der Waals surface area contributed by atoms with Crippen LogP contribution in [0, 0.1) is 23.0 Å². The zero-order chi connectivity index (χ0) is 32.2. The van der Waals surface area contributed by atoms with Gasteiger partial charge in [-0.3, -0.25) is 4.98 Å². The molecule has 3 heterocycles. The number of fused-ring (bicyclic) bond motifs is 1. The highest BCUT2D eigenvalue weighted by Crippen LogP contribution is 2.27. The van der Waals surface area contributed by atoms with Gasteiger partial charge in [-0.05, 0) is 77.7 Å². The first kappa shape index (κ1) is 30.1. The van der Waals surface area contributed by atoms with Gasteiger partial charge in [0.05, 0.1) is 33.9 Å². The smallest absolute Gasteiger partial charge is 0.335 e. The number of hydrogen-bond donors (Lipinski definition) is 1. The third-order valence-electron chi connectivity index (χ3n) is 7.74. The topological polar surface area (TPSA) is 114 Å². The Morgan fingerprint density at radius 1 is 0.957 bits per heavy atom. The number of nitriles is 1. The van der Waals surface area contributed by atoms with Gasteiger partial charge in [0.25, 0.3) is 0 Å². The van der Waals surface area contributed by atoms with Crippen molar-refractivity contribution >= 4 is 17.0 Å². The quantitative estimate of drug-likeness (QED) is 0.175. The van der Waals surface area contributed by atoms with Gasteiger partial charge in [-0.25, -0.2) is 23.5 Å². The Hall–Kier alpha value is -5.95. The number of aryl methyl sites for hydroxylation is 1. The largest absolute Gasteiger partial charge is 0.478 e. The van der Waals surface area contributed by atoms with Gasteiger partial charge in [0, 0.05) is 42.6 Å². The highest BCUT2D eigenvalue weighted by Gasteiger charge is 2.17. The molecule has 0 aliphatic carbocycles. The van der Waals surface area contributed by atoms with Crippen LogP contribution in [0.25, 0.3) is 22.3 Å². The highest BCUT2D eigenvalue weighted by atomic mass is 19.1. The van der Waals surface area contributed by atoms with Gasteiger partial charge in [0.15, 0.2) is 0 Å². The second kappa shape index (κ2) is 13.0. The van der Waals surface area contributed by atoms with Crippen molar-refractivity contribution in [2.45, 2.75) is 32.9 Å². The fourth-order valence-electron chi connectivity index (χ4n) is 5.31. The summed E-state index contributed by atoms with van der Waals surface area (Å²) in [5.41, 5.74) is 5.34. The van der Waals surface area contributed by atoms with Crippen molar-refractivity contribution in [3.8, 4) is 23.2 Å². The van der Waals surface area contributed by atoms with E-state index < -0.39 is 17.6 Å². The van der Waals surface area contributed by atoms with Crippen molar-refractivity contribution in [3.63, 3.8) is 0 Å². The summed E-state index contributed by atoms with van der Waals surface area (Å²) in [5, 5.41) is 18.6. The van der Waals surface area contributed by atoms with Crippen LogP contribution in [-0.2, 0) is 26.0 Å². The molecule has 0 saturated heterocycles. The third kappa shape index (κ3) is 6.30. The van der Waals surface area contributed by atoms with Crippen LogP contribution < -0.4 is 4.74 Å².